The summed E-state index contributed by atoms with van der Waals surface area (Å²) >= 11 is 0. The summed E-state index contributed by atoms with van der Waals surface area (Å²) in [4.78, 5) is 14.3. The number of anilines is 1. The third kappa shape index (κ3) is 3.27. The lowest BCUT2D eigenvalue weighted by atomic mass is 10.0. The van der Waals surface area contributed by atoms with Gasteiger partial charge in [0, 0.05) is 25.2 Å². The van der Waals surface area contributed by atoms with Crippen molar-refractivity contribution in [3.63, 3.8) is 0 Å². The summed E-state index contributed by atoms with van der Waals surface area (Å²) in [6.07, 6.45) is 0.630. The predicted molar refractivity (Wildman–Crippen MR) is 88.6 cm³/mol. The third-order valence-corrected chi connectivity index (χ3v) is 6.25. The Balaban J connectivity index is 2.27. The van der Waals surface area contributed by atoms with Crippen LogP contribution in [0.5, 0.6) is 0 Å². The second kappa shape index (κ2) is 6.28. The number of benzene rings is 1. The molecule has 1 aromatic rings. The van der Waals surface area contributed by atoms with Gasteiger partial charge in [0.1, 0.15) is 0 Å². The first-order chi connectivity index (χ1) is 10.2. The molecule has 22 heavy (non-hydrogen) atoms. The number of carbonyl (C=O) groups is 1. The Morgan fingerprint density at radius 3 is 2.50 bits per heavy atom. The van der Waals surface area contributed by atoms with Gasteiger partial charge >= 0.3 is 0 Å². The van der Waals surface area contributed by atoms with E-state index in [-0.39, 0.29) is 17.7 Å². The Morgan fingerprint density at radius 2 is 1.95 bits per heavy atom. The maximum atomic E-state index is 12.6. The van der Waals surface area contributed by atoms with E-state index >= 15 is 0 Å². The maximum absolute atomic E-state index is 12.6. The summed E-state index contributed by atoms with van der Waals surface area (Å²) in [6, 6.07) is 7.01. The highest BCUT2D eigenvalue weighted by atomic mass is 32.2. The first-order valence-electron chi connectivity index (χ1n) is 7.61. The molecule has 1 aromatic carbocycles. The standard InChI is InChI=1S/C16H24N2O3S/c1-12(2)13(3)17(4)16(19)14-7-5-8-15(11-14)18-9-6-10-22(18,20)21/h5,7-8,11-13H,6,9-10H2,1-4H3. The number of carbonyl (C=O) groups excluding carboxylic acids is 1. The molecule has 1 atom stereocenters. The first kappa shape index (κ1) is 16.8. The Kier molecular flexibility index (Phi) is 4.80. The maximum Gasteiger partial charge on any atom is 0.253 e. The van der Waals surface area contributed by atoms with Crippen LogP contribution in [0.3, 0.4) is 0 Å². The van der Waals surface area contributed by atoms with Crippen molar-refractivity contribution in [1.82, 2.24) is 4.90 Å². The highest BCUT2D eigenvalue weighted by Gasteiger charge is 2.29. The molecule has 1 aliphatic rings. The first-order valence-corrected chi connectivity index (χ1v) is 9.22. The van der Waals surface area contributed by atoms with E-state index in [1.807, 2.05) is 6.92 Å². The van der Waals surface area contributed by atoms with Gasteiger partial charge in [-0.25, -0.2) is 8.42 Å². The Morgan fingerprint density at radius 1 is 1.27 bits per heavy atom. The zero-order valence-electron chi connectivity index (χ0n) is 13.6. The lowest BCUT2D eigenvalue weighted by Crippen LogP contribution is -2.38. The minimum atomic E-state index is -3.22. The second-order valence-corrected chi connectivity index (χ2v) is 8.21. The van der Waals surface area contributed by atoms with Crippen molar-refractivity contribution in [2.24, 2.45) is 5.92 Å². The molecule has 0 bridgehead atoms. The molecule has 0 N–H and O–H groups in total. The predicted octanol–water partition coefficient (Wildman–Crippen LogP) is 2.34. The van der Waals surface area contributed by atoms with Crippen molar-refractivity contribution in [3.8, 4) is 0 Å². The van der Waals surface area contributed by atoms with E-state index in [0.29, 0.717) is 30.1 Å². The molecule has 1 heterocycles. The molecule has 1 fully saturated rings. The molecule has 1 unspecified atom stereocenters. The van der Waals surface area contributed by atoms with Crippen LogP contribution >= 0.6 is 0 Å². The van der Waals surface area contributed by atoms with E-state index in [4.69, 9.17) is 0 Å². The van der Waals surface area contributed by atoms with Crippen molar-refractivity contribution >= 4 is 21.6 Å². The number of amides is 1. The average Bonchev–Trinajstić information content (AvgIpc) is 2.84. The molecule has 2 rings (SSSR count). The van der Waals surface area contributed by atoms with Crippen LogP contribution in [0.2, 0.25) is 0 Å². The smallest absolute Gasteiger partial charge is 0.253 e. The lowest BCUT2D eigenvalue weighted by molar-refractivity contribution is 0.0707. The van der Waals surface area contributed by atoms with Crippen LogP contribution in [0, 0.1) is 5.92 Å². The normalized spacial score (nSPS) is 18.5. The zero-order valence-corrected chi connectivity index (χ0v) is 14.4. The zero-order chi connectivity index (χ0) is 16.5. The number of rotatable bonds is 4. The van der Waals surface area contributed by atoms with Crippen molar-refractivity contribution in [3.05, 3.63) is 29.8 Å². The highest BCUT2D eigenvalue weighted by Crippen LogP contribution is 2.25. The number of nitrogens with zero attached hydrogens (tertiary/aromatic N) is 2. The van der Waals surface area contributed by atoms with Gasteiger partial charge in [0.25, 0.3) is 5.91 Å². The molecule has 1 amide bonds. The van der Waals surface area contributed by atoms with Gasteiger partial charge in [-0.1, -0.05) is 19.9 Å². The lowest BCUT2D eigenvalue weighted by Gasteiger charge is -2.28. The van der Waals surface area contributed by atoms with Crippen molar-refractivity contribution < 1.29 is 13.2 Å². The molecule has 6 heteroatoms. The highest BCUT2D eigenvalue weighted by molar-refractivity contribution is 7.93. The largest absolute Gasteiger partial charge is 0.339 e. The molecule has 122 valence electrons. The number of sulfonamides is 1. The van der Waals surface area contributed by atoms with Gasteiger partial charge in [-0.2, -0.15) is 0 Å². The molecular formula is C16H24N2O3S. The Hall–Kier alpha value is -1.56. The molecule has 0 saturated carbocycles. The Bertz CT molecular complexity index is 655. The van der Waals surface area contributed by atoms with Crippen molar-refractivity contribution in [2.45, 2.75) is 33.2 Å². The third-order valence-electron chi connectivity index (χ3n) is 4.38. The summed E-state index contributed by atoms with van der Waals surface area (Å²) in [7, 11) is -1.44. The van der Waals surface area contributed by atoms with Crippen LogP contribution < -0.4 is 4.31 Å². The van der Waals surface area contributed by atoms with Crippen molar-refractivity contribution in [1.29, 1.82) is 0 Å². The molecule has 0 aromatic heterocycles. The van der Waals surface area contributed by atoms with Gasteiger partial charge < -0.3 is 4.90 Å². The van der Waals surface area contributed by atoms with Gasteiger partial charge in [-0.3, -0.25) is 9.10 Å². The Labute approximate surface area is 133 Å². The molecule has 1 saturated heterocycles. The monoisotopic (exact) mass is 324 g/mol. The van der Waals surface area contributed by atoms with Gasteiger partial charge in [0.05, 0.1) is 11.4 Å². The number of hydrogen-bond donors (Lipinski definition) is 0. The van der Waals surface area contributed by atoms with Crippen LogP contribution in [-0.4, -0.2) is 44.6 Å². The molecule has 0 aliphatic carbocycles. The van der Waals surface area contributed by atoms with Crippen LogP contribution in [0.4, 0.5) is 5.69 Å². The van der Waals surface area contributed by atoms with Gasteiger partial charge in [-0.05, 0) is 37.5 Å². The summed E-state index contributed by atoms with van der Waals surface area (Å²) in [5.74, 6) is 0.450. The minimum absolute atomic E-state index is 0.0837. The molecule has 5 nitrogen and oxygen atoms in total. The second-order valence-electron chi connectivity index (χ2n) is 6.19. The summed E-state index contributed by atoms with van der Waals surface area (Å²) < 4.78 is 25.4. The van der Waals surface area contributed by atoms with Crippen LogP contribution in [0.15, 0.2) is 24.3 Å². The van der Waals surface area contributed by atoms with E-state index < -0.39 is 10.0 Å². The van der Waals surface area contributed by atoms with Gasteiger partial charge in [0.2, 0.25) is 10.0 Å². The van der Waals surface area contributed by atoms with Crippen molar-refractivity contribution in [2.75, 3.05) is 23.7 Å². The van der Waals surface area contributed by atoms with E-state index in [9.17, 15) is 13.2 Å². The fourth-order valence-corrected chi connectivity index (χ4v) is 4.12. The van der Waals surface area contributed by atoms with E-state index in [0.717, 1.165) is 0 Å². The summed E-state index contributed by atoms with van der Waals surface area (Å²) in [6.45, 7) is 6.64. The minimum Gasteiger partial charge on any atom is -0.339 e. The van der Waals surface area contributed by atoms with Gasteiger partial charge in [-0.15, -0.1) is 0 Å². The van der Waals surface area contributed by atoms with E-state index in [1.165, 1.54) is 4.31 Å². The fraction of sp³-hybridized carbons (Fsp3) is 0.562. The summed E-state index contributed by atoms with van der Waals surface area (Å²) in [5, 5.41) is 0. The SMILES string of the molecule is CC(C)C(C)N(C)C(=O)c1cccc(N2CCCS2(=O)=O)c1. The molecule has 0 spiro atoms. The summed E-state index contributed by atoms with van der Waals surface area (Å²) in [5.41, 5.74) is 1.10. The average molecular weight is 324 g/mol. The molecule has 1 aliphatic heterocycles. The van der Waals surface area contributed by atoms with Crippen LogP contribution in [-0.2, 0) is 10.0 Å². The quantitative estimate of drug-likeness (QED) is 0.854. The molecular weight excluding hydrogens is 300 g/mol. The van der Waals surface area contributed by atoms with E-state index in [1.54, 1.807) is 36.2 Å². The topological polar surface area (TPSA) is 57.7 Å². The fourth-order valence-electron chi connectivity index (χ4n) is 2.56. The molecule has 0 radical (unpaired) electrons. The van der Waals surface area contributed by atoms with E-state index in [2.05, 4.69) is 13.8 Å². The van der Waals surface area contributed by atoms with Gasteiger partial charge in [0.15, 0.2) is 0 Å². The van der Waals surface area contributed by atoms with Crippen LogP contribution in [0.1, 0.15) is 37.6 Å². The van der Waals surface area contributed by atoms with Crippen LogP contribution in [0.25, 0.3) is 0 Å². The number of hydrogen-bond acceptors (Lipinski definition) is 3.